The topological polar surface area (TPSA) is 112 Å². The number of hydrogen-bond acceptors (Lipinski definition) is 5. The standard InChI is InChI=1S/C38H57NO6/c1-3-5-6-7-8-9-10-11-12-13-14-15-16-17-18-19-20-21-22-23-26-32(38(44)45)30-39(29-31(4-2)37(42)43)35(40)33-27-24-25-28-34(33)36(39)41/h24-25,27-30H,3-23,26H2,1-2H3,(H-,42,43,44,45). The summed E-state index contributed by atoms with van der Waals surface area (Å²) in [5, 5.41) is 21.7. The Balaban J connectivity index is 1.71. The Morgan fingerprint density at radius 3 is 1.31 bits per heavy atom. The SMILES string of the molecule is CCCCCCCCCCCCCCCCCCCCCCC(=C[N+]1(C=C(CC)C(=O)O)C(=O)c2ccccc2C1=O)C(=O)[O-]. The van der Waals surface area contributed by atoms with E-state index in [4.69, 9.17) is 0 Å². The average Bonchev–Trinajstić information content (AvgIpc) is 3.23. The van der Waals surface area contributed by atoms with Gasteiger partial charge in [0.05, 0.1) is 22.7 Å². The minimum atomic E-state index is -1.45. The molecule has 1 N–H and O–H groups in total. The Labute approximate surface area is 271 Å². The largest absolute Gasteiger partial charge is 0.545 e. The molecule has 7 nitrogen and oxygen atoms in total. The molecular formula is C38H57NO6. The fourth-order valence-corrected chi connectivity index (χ4v) is 6.20. The van der Waals surface area contributed by atoms with Gasteiger partial charge in [-0.25, -0.2) is 14.4 Å². The summed E-state index contributed by atoms with van der Waals surface area (Å²) in [6.07, 6.45) is 27.4. The molecule has 7 heteroatoms. The number of rotatable bonds is 26. The molecule has 1 aromatic carbocycles. The molecule has 0 saturated carbocycles. The van der Waals surface area contributed by atoms with Crippen molar-refractivity contribution in [3.63, 3.8) is 0 Å². The van der Waals surface area contributed by atoms with Crippen molar-refractivity contribution in [2.45, 2.75) is 155 Å². The Morgan fingerprint density at radius 2 is 0.978 bits per heavy atom. The molecule has 0 saturated heterocycles. The van der Waals surface area contributed by atoms with Crippen molar-refractivity contribution in [2.75, 3.05) is 0 Å². The first-order valence-electron chi connectivity index (χ1n) is 17.7. The van der Waals surface area contributed by atoms with Gasteiger partial charge in [0, 0.05) is 5.57 Å². The van der Waals surface area contributed by atoms with Crippen molar-refractivity contribution in [3.05, 3.63) is 58.9 Å². The molecule has 1 aliphatic rings. The van der Waals surface area contributed by atoms with Gasteiger partial charge in [0.1, 0.15) is 12.4 Å². The van der Waals surface area contributed by atoms with Gasteiger partial charge in [0.2, 0.25) is 0 Å². The van der Waals surface area contributed by atoms with E-state index in [1.807, 2.05) is 0 Å². The molecule has 250 valence electrons. The van der Waals surface area contributed by atoms with E-state index in [1.165, 1.54) is 115 Å². The minimum absolute atomic E-state index is 0.0695. The van der Waals surface area contributed by atoms with Gasteiger partial charge in [-0.2, -0.15) is 0 Å². The zero-order chi connectivity index (χ0) is 32.9. The number of nitrogens with zero attached hydrogens (tertiary/aromatic N) is 1. The van der Waals surface area contributed by atoms with Crippen LogP contribution in [0.25, 0.3) is 0 Å². The molecule has 45 heavy (non-hydrogen) atoms. The predicted octanol–water partition coefficient (Wildman–Crippen LogP) is 9.02. The summed E-state index contributed by atoms with van der Waals surface area (Å²) in [6, 6.07) is 6.24. The van der Waals surface area contributed by atoms with Crippen LogP contribution in [0.3, 0.4) is 0 Å². The maximum Gasteiger partial charge on any atom is 0.363 e. The third-order valence-corrected chi connectivity index (χ3v) is 9.00. The van der Waals surface area contributed by atoms with Crippen LogP contribution in [0.1, 0.15) is 176 Å². The average molecular weight is 624 g/mol. The third kappa shape index (κ3) is 12.7. The lowest BCUT2D eigenvalue weighted by Crippen LogP contribution is -2.45. The van der Waals surface area contributed by atoms with Gasteiger partial charge >= 0.3 is 17.8 Å². The number of quaternary nitrogens is 1. The van der Waals surface area contributed by atoms with Crippen molar-refractivity contribution < 1.29 is 33.9 Å². The molecule has 1 aromatic rings. The lowest BCUT2D eigenvalue weighted by atomic mass is 10.0. The monoisotopic (exact) mass is 623 g/mol. The van der Waals surface area contributed by atoms with Crippen LogP contribution in [0.5, 0.6) is 0 Å². The molecule has 0 atom stereocenters. The Bertz CT molecular complexity index is 1120. The number of carbonyl (C=O) groups excluding carboxylic acids is 3. The highest BCUT2D eigenvalue weighted by Crippen LogP contribution is 2.34. The molecule has 0 unspecified atom stereocenters. The zero-order valence-electron chi connectivity index (χ0n) is 28.0. The van der Waals surface area contributed by atoms with E-state index in [9.17, 15) is 29.4 Å². The van der Waals surface area contributed by atoms with Gasteiger partial charge < -0.3 is 15.0 Å². The maximum atomic E-state index is 13.5. The number of carboxylic acid groups (broad SMARTS) is 2. The summed E-state index contributed by atoms with van der Waals surface area (Å²) in [6.45, 7) is 3.87. The van der Waals surface area contributed by atoms with Crippen molar-refractivity contribution in [2.24, 2.45) is 0 Å². The van der Waals surface area contributed by atoms with Crippen molar-refractivity contribution in [3.8, 4) is 0 Å². The van der Waals surface area contributed by atoms with Crippen LogP contribution in [-0.4, -0.2) is 33.3 Å². The zero-order valence-corrected chi connectivity index (χ0v) is 28.0. The van der Waals surface area contributed by atoms with E-state index in [-0.39, 0.29) is 35.1 Å². The van der Waals surface area contributed by atoms with Crippen LogP contribution in [0.15, 0.2) is 47.8 Å². The van der Waals surface area contributed by atoms with Gasteiger partial charge in [-0.1, -0.05) is 148 Å². The Morgan fingerprint density at radius 1 is 0.622 bits per heavy atom. The summed E-state index contributed by atoms with van der Waals surface area (Å²) in [7, 11) is 0. The predicted molar refractivity (Wildman–Crippen MR) is 177 cm³/mol. The van der Waals surface area contributed by atoms with Gasteiger partial charge in [0.25, 0.3) is 0 Å². The van der Waals surface area contributed by atoms with E-state index in [0.717, 1.165) is 31.7 Å². The number of imide groups is 1. The number of carbonyl (C=O) groups is 4. The number of hydrogen-bond donors (Lipinski definition) is 1. The third-order valence-electron chi connectivity index (χ3n) is 9.00. The number of unbranched alkanes of at least 4 members (excludes halogenated alkanes) is 19. The van der Waals surface area contributed by atoms with E-state index in [1.54, 1.807) is 19.1 Å². The fourth-order valence-electron chi connectivity index (χ4n) is 6.20. The van der Waals surface area contributed by atoms with Crippen LogP contribution in [0.4, 0.5) is 0 Å². The Hall–Kier alpha value is -3.06. The molecular weight excluding hydrogens is 566 g/mol. The van der Waals surface area contributed by atoms with E-state index >= 15 is 0 Å². The second kappa shape index (κ2) is 21.6. The van der Waals surface area contributed by atoms with Gasteiger partial charge in [-0.3, -0.25) is 0 Å². The van der Waals surface area contributed by atoms with Crippen LogP contribution < -0.4 is 5.11 Å². The van der Waals surface area contributed by atoms with Gasteiger partial charge in [-0.05, 0) is 31.4 Å². The number of amides is 2. The number of fused-ring (bicyclic) bond motifs is 1. The van der Waals surface area contributed by atoms with E-state index in [0.29, 0.717) is 6.42 Å². The molecule has 0 radical (unpaired) electrons. The van der Waals surface area contributed by atoms with Gasteiger partial charge in [-0.15, -0.1) is 4.48 Å². The number of carboxylic acids is 2. The normalized spacial score (nSPS) is 14.6. The summed E-state index contributed by atoms with van der Waals surface area (Å²) >= 11 is 0. The summed E-state index contributed by atoms with van der Waals surface area (Å²) < 4.78 is -1.11. The first kappa shape index (κ1) is 38.1. The van der Waals surface area contributed by atoms with Crippen LogP contribution in [0, 0.1) is 0 Å². The highest BCUT2D eigenvalue weighted by molar-refractivity contribution is 6.15. The van der Waals surface area contributed by atoms with Gasteiger partial charge in [0.15, 0.2) is 0 Å². The molecule has 1 aliphatic heterocycles. The van der Waals surface area contributed by atoms with E-state index < -0.39 is 28.2 Å². The fraction of sp³-hybridized carbons (Fsp3) is 0.632. The second-order valence-electron chi connectivity index (χ2n) is 12.7. The van der Waals surface area contributed by atoms with Crippen LogP contribution in [0.2, 0.25) is 0 Å². The smallest absolute Gasteiger partial charge is 0.363 e. The molecule has 0 aliphatic carbocycles. The van der Waals surface area contributed by atoms with Crippen LogP contribution >= 0.6 is 0 Å². The first-order chi connectivity index (χ1) is 21.8. The number of aliphatic carboxylic acids is 2. The summed E-state index contributed by atoms with van der Waals surface area (Å²) in [4.78, 5) is 50.8. The molecule has 0 spiro atoms. The molecule has 2 amide bonds. The van der Waals surface area contributed by atoms with Crippen LogP contribution in [-0.2, 0) is 9.59 Å². The second-order valence-corrected chi connectivity index (χ2v) is 12.7. The van der Waals surface area contributed by atoms with Crippen molar-refractivity contribution in [1.82, 2.24) is 0 Å². The molecule has 0 fully saturated rings. The molecule has 0 aromatic heterocycles. The first-order valence-corrected chi connectivity index (χ1v) is 17.7. The summed E-state index contributed by atoms with van der Waals surface area (Å²) in [5.41, 5.74) is -0.0130. The Kier molecular flexibility index (Phi) is 18.3. The maximum absolute atomic E-state index is 13.5. The van der Waals surface area contributed by atoms with E-state index in [2.05, 4.69) is 6.92 Å². The van der Waals surface area contributed by atoms with Crippen molar-refractivity contribution >= 4 is 23.8 Å². The quantitative estimate of drug-likeness (QED) is 0.0477. The highest BCUT2D eigenvalue weighted by atomic mass is 16.4. The minimum Gasteiger partial charge on any atom is -0.545 e. The summed E-state index contributed by atoms with van der Waals surface area (Å²) in [5.74, 6) is -4.04. The highest BCUT2D eigenvalue weighted by Gasteiger charge is 2.53. The number of benzene rings is 1. The molecule has 1 heterocycles. The van der Waals surface area contributed by atoms with Crippen molar-refractivity contribution in [1.29, 1.82) is 0 Å². The molecule has 2 rings (SSSR count). The lowest BCUT2D eigenvalue weighted by Gasteiger charge is -2.22. The lowest BCUT2D eigenvalue weighted by molar-refractivity contribution is -0.647. The molecule has 0 bridgehead atoms.